The van der Waals surface area contributed by atoms with Gasteiger partial charge in [-0.3, -0.25) is 4.79 Å². The molecule has 21 heavy (non-hydrogen) atoms. The van der Waals surface area contributed by atoms with E-state index in [9.17, 15) is 13.2 Å². The summed E-state index contributed by atoms with van der Waals surface area (Å²) in [6.07, 6.45) is 2.07. The molecule has 1 saturated heterocycles. The van der Waals surface area contributed by atoms with E-state index in [0.717, 1.165) is 25.1 Å². The summed E-state index contributed by atoms with van der Waals surface area (Å²) < 4.78 is 22.9. The maximum Gasteiger partial charge on any atom is 0.227 e. The van der Waals surface area contributed by atoms with Gasteiger partial charge in [0.1, 0.15) is 0 Å². The highest BCUT2D eigenvalue weighted by atomic mass is 32.2. The summed E-state index contributed by atoms with van der Waals surface area (Å²) in [6, 6.07) is 6.66. The Morgan fingerprint density at radius 2 is 1.95 bits per heavy atom. The molecule has 116 valence electrons. The van der Waals surface area contributed by atoms with Crippen LogP contribution < -0.4 is 5.32 Å². The summed E-state index contributed by atoms with van der Waals surface area (Å²) in [7, 11) is -1.38. The van der Waals surface area contributed by atoms with Gasteiger partial charge in [-0.05, 0) is 37.6 Å². The van der Waals surface area contributed by atoms with Crippen molar-refractivity contribution in [3.05, 3.63) is 29.8 Å². The molecular weight excluding hydrogens is 288 g/mol. The normalized spacial score (nSPS) is 20.2. The Kier molecular flexibility index (Phi) is 4.68. The highest BCUT2D eigenvalue weighted by Crippen LogP contribution is 2.23. The van der Waals surface area contributed by atoms with Crippen molar-refractivity contribution in [1.82, 2.24) is 10.2 Å². The largest absolute Gasteiger partial charge is 0.339 e. The summed E-state index contributed by atoms with van der Waals surface area (Å²) in [5.41, 5.74) is 0.934. The van der Waals surface area contributed by atoms with Crippen LogP contribution in [0.25, 0.3) is 0 Å². The van der Waals surface area contributed by atoms with E-state index < -0.39 is 9.84 Å². The Bertz CT molecular complexity index is 604. The van der Waals surface area contributed by atoms with Gasteiger partial charge < -0.3 is 10.2 Å². The molecule has 1 amide bonds. The van der Waals surface area contributed by atoms with E-state index in [1.165, 1.54) is 6.26 Å². The van der Waals surface area contributed by atoms with Crippen molar-refractivity contribution < 1.29 is 13.2 Å². The Morgan fingerprint density at radius 1 is 1.33 bits per heavy atom. The van der Waals surface area contributed by atoms with E-state index in [1.54, 1.807) is 36.2 Å². The van der Waals surface area contributed by atoms with E-state index in [-0.39, 0.29) is 17.9 Å². The molecule has 0 radical (unpaired) electrons. The van der Waals surface area contributed by atoms with E-state index in [4.69, 9.17) is 0 Å². The van der Waals surface area contributed by atoms with Gasteiger partial charge in [-0.1, -0.05) is 12.1 Å². The molecule has 5 nitrogen and oxygen atoms in total. The molecule has 1 aliphatic heterocycles. The Hall–Kier alpha value is -1.40. The van der Waals surface area contributed by atoms with E-state index >= 15 is 0 Å². The molecule has 0 bridgehead atoms. The van der Waals surface area contributed by atoms with Crippen LogP contribution in [-0.2, 0) is 14.6 Å². The summed E-state index contributed by atoms with van der Waals surface area (Å²) in [6.45, 7) is 3.58. The molecular formula is C15H22N2O3S. The number of benzene rings is 1. The molecule has 1 aromatic carbocycles. The molecule has 1 N–H and O–H groups in total. The Balaban J connectivity index is 2.11. The number of carbonyl (C=O) groups excluding carboxylic acids is 1. The average Bonchev–Trinajstić information content (AvgIpc) is 2.98. The molecule has 1 aromatic rings. The quantitative estimate of drug-likeness (QED) is 0.908. The summed E-state index contributed by atoms with van der Waals surface area (Å²) in [5, 5.41) is 3.20. The minimum absolute atomic E-state index is 0.0488. The second-order valence-electron chi connectivity index (χ2n) is 5.66. The minimum Gasteiger partial charge on any atom is -0.339 e. The van der Waals surface area contributed by atoms with Gasteiger partial charge in [0, 0.05) is 19.8 Å². The smallest absolute Gasteiger partial charge is 0.227 e. The summed E-state index contributed by atoms with van der Waals surface area (Å²) in [5.74, 6) is 0.187. The van der Waals surface area contributed by atoms with Gasteiger partial charge in [0.15, 0.2) is 9.84 Å². The maximum absolute atomic E-state index is 12.4. The Labute approximate surface area is 126 Å². The number of nitrogens with zero attached hydrogens (tertiary/aromatic N) is 1. The first-order valence-electron chi connectivity index (χ1n) is 7.08. The van der Waals surface area contributed by atoms with Crippen LogP contribution in [-0.4, -0.2) is 45.6 Å². The fourth-order valence-corrected chi connectivity index (χ4v) is 3.19. The van der Waals surface area contributed by atoms with Crippen LogP contribution in [0.2, 0.25) is 0 Å². The van der Waals surface area contributed by atoms with Crippen LogP contribution in [0.4, 0.5) is 0 Å². The first kappa shape index (κ1) is 16.0. The third kappa shape index (κ3) is 3.63. The minimum atomic E-state index is -3.18. The predicted octanol–water partition coefficient (Wildman–Crippen LogP) is 1.22. The third-order valence-corrected chi connectivity index (χ3v) is 5.26. The SMILES string of the molecule is CC(c1ccc(S(C)(=O)=O)cc1)N(C)C(=O)C1CCNC1. The molecule has 2 atom stereocenters. The standard InChI is InChI=1S/C15H22N2O3S/c1-11(17(2)15(18)13-8-9-16-10-13)12-4-6-14(7-5-12)21(3,19)20/h4-7,11,13,16H,8-10H2,1-3H3. The lowest BCUT2D eigenvalue weighted by atomic mass is 10.0. The monoisotopic (exact) mass is 310 g/mol. The van der Waals surface area contributed by atoms with Gasteiger partial charge in [0.25, 0.3) is 0 Å². The lowest BCUT2D eigenvalue weighted by Crippen LogP contribution is -2.35. The van der Waals surface area contributed by atoms with Crippen LogP contribution in [0.15, 0.2) is 29.2 Å². The second-order valence-corrected chi connectivity index (χ2v) is 7.67. The third-order valence-electron chi connectivity index (χ3n) is 4.13. The molecule has 6 heteroatoms. The van der Waals surface area contributed by atoms with Gasteiger partial charge in [-0.25, -0.2) is 8.42 Å². The molecule has 1 fully saturated rings. The zero-order valence-corrected chi connectivity index (χ0v) is 13.5. The summed E-state index contributed by atoms with van der Waals surface area (Å²) in [4.78, 5) is 14.4. The second kappa shape index (κ2) is 6.15. The first-order chi connectivity index (χ1) is 9.80. The maximum atomic E-state index is 12.4. The van der Waals surface area contributed by atoms with Crippen molar-refractivity contribution >= 4 is 15.7 Å². The highest BCUT2D eigenvalue weighted by molar-refractivity contribution is 7.90. The van der Waals surface area contributed by atoms with Gasteiger partial charge >= 0.3 is 0 Å². The van der Waals surface area contributed by atoms with E-state index in [2.05, 4.69) is 5.32 Å². The van der Waals surface area contributed by atoms with E-state index in [1.807, 2.05) is 6.92 Å². The zero-order valence-electron chi connectivity index (χ0n) is 12.7. The average molecular weight is 310 g/mol. The van der Waals surface area contributed by atoms with Crippen molar-refractivity contribution in [2.45, 2.75) is 24.3 Å². The predicted molar refractivity (Wildman–Crippen MR) is 81.7 cm³/mol. The number of hydrogen-bond acceptors (Lipinski definition) is 4. The zero-order chi connectivity index (χ0) is 15.6. The highest BCUT2D eigenvalue weighted by Gasteiger charge is 2.28. The lowest BCUT2D eigenvalue weighted by Gasteiger charge is -2.27. The molecule has 0 spiro atoms. The van der Waals surface area contributed by atoms with Crippen molar-refractivity contribution in [1.29, 1.82) is 0 Å². The fraction of sp³-hybridized carbons (Fsp3) is 0.533. The van der Waals surface area contributed by atoms with Crippen LogP contribution in [0.1, 0.15) is 24.9 Å². The number of rotatable bonds is 4. The fourth-order valence-electron chi connectivity index (χ4n) is 2.56. The Morgan fingerprint density at radius 3 is 2.43 bits per heavy atom. The van der Waals surface area contributed by atoms with E-state index in [0.29, 0.717) is 4.90 Å². The lowest BCUT2D eigenvalue weighted by molar-refractivity contribution is -0.135. The molecule has 2 unspecified atom stereocenters. The van der Waals surface area contributed by atoms with Crippen molar-refractivity contribution in [2.75, 3.05) is 26.4 Å². The number of nitrogens with one attached hydrogen (secondary N) is 1. The number of sulfone groups is 1. The molecule has 0 aliphatic carbocycles. The number of hydrogen-bond donors (Lipinski definition) is 1. The van der Waals surface area contributed by atoms with Gasteiger partial charge in [-0.2, -0.15) is 0 Å². The summed E-state index contributed by atoms with van der Waals surface area (Å²) >= 11 is 0. The van der Waals surface area contributed by atoms with Gasteiger partial charge in [0.05, 0.1) is 16.9 Å². The van der Waals surface area contributed by atoms with Crippen molar-refractivity contribution in [3.8, 4) is 0 Å². The number of carbonyl (C=O) groups is 1. The van der Waals surface area contributed by atoms with Gasteiger partial charge in [-0.15, -0.1) is 0 Å². The van der Waals surface area contributed by atoms with Crippen LogP contribution >= 0.6 is 0 Å². The number of amides is 1. The first-order valence-corrected chi connectivity index (χ1v) is 8.97. The van der Waals surface area contributed by atoms with Crippen molar-refractivity contribution in [2.24, 2.45) is 5.92 Å². The van der Waals surface area contributed by atoms with Crippen molar-refractivity contribution in [3.63, 3.8) is 0 Å². The topological polar surface area (TPSA) is 66.5 Å². The van der Waals surface area contributed by atoms with Crippen LogP contribution in [0.3, 0.4) is 0 Å². The van der Waals surface area contributed by atoms with Gasteiger partial charge in [0.2, 0.25) is 5.91 Å². The molecule has 0 saturated carbocycles. The molecule has 1 heterocycles. The van der Waals surface area contributed by atoms with Crippen LogP contribution in [0, 0.1) is 5.92 Å². The van der Waals surface area contributed by atoms with Crippen LogP contribution in [0.5, 0.6) is 0 Å². The molecule has 0 aromatic heterocycles. The molecule has 1 aliphatic rings. The molecule has 2 rings (SSSR count).